The molecule has 0 bridgehead atoms. The van der Waals surface area contributed by atoms with Crippen LogP contribution < -0.4 is 5.32 Å². The number of benzene rings is 1. The molecule has 1 rings (SSSR count). The highest BCUT2D eigenvalue weighted by molar-refractivity contribution is 7.98. The van der Waals surface area contributed by atoms with Crippen molar-refractivity contribution in [3.05, 3.63) is 35.9 Å². The minimum absolute atomic E-state index is 0.150. The van der Waals surface area contributed by atoms with Crippen LogP contribution in [0.25, 0.3) is 0 Å². The summed E-state index contributed by atoms with van der Waals surface area (Å²) in [6.45, 7) is 3.23. The summed E-state index contributed by atoms with van der Waals surface area (Å²) in [5.41, 5.74) is 0.908. The highest BCUT2D eigenvalue weighted by Crippen LogP contribution is 2.26. The van der Waals surface area contributed by atoms with E-state index in [1.165, 1.54) is 5.56 Å². The van der Waals surface area contributed by atoms with Gasteiger partial charge in [0.05, 0.1) is 12.1 Å². The van der Waals surface area contributed by atoms with Crippen molar-refractivity contribution in [2.45, 2.75) is 25.3 Å². The van der Waals surface area contributed by atoms with Crippen molar-refractivity contribution in [1.82, 2.24) is 5.32 Å². The van der Waals surface area contributed by atoms with Crippen LogP contribution in [0.15, 0.2) is 30.3 Å². The van der Waals surface area contributed by atoms with E-state index in [-0.39, 0.29) is 12.1 Å². The maximum absolute atomic E-state index is 9.81. The molecule has 96 valence electrons. The second-order valence-electron chi connectivity index (χ2n) is 4.28. The molecule has 0 aliphatic rings. The van der Waals surface area contributed by atoms with E-state index in [9.17, 15) is 5.11 Å². The molecule has 2 N–H and O–H groups in total. The molecule has 0 heterocycles. The molecule has 0 fully saturated rings. The molecule has 0 aromatic heterocycles. The Balaban J connectivity index is 2.89. The lowest BCUT2D eigenvalue weighted by Gasteiger charge is -2.34. The van der Waals surface area contributed by atoms with Gasteiger partial charge in [-0.25, -0.2) is 0 Å². The molecular formula is C14H23NOS. The Morgan fingerprint density at radius 3 is 2.53 bits per heavy atom. The number of nitrogens with one attached hydrogen (secondary N) is 1. The van der Waals surface area contributed by atoms with Crippen LogP contribution in [0.3, 0.4) is 0 Å². The van der Waals surface area contributed by atoms with Crippen LogP contribution in [0, 0.1) is 0 Å². The summed E-state index contributed by atoms with van der Waals surface area (Å²) in [6, 6.07) is 10.3. The minimum Gasteiger partial charge on any atom is -0.394 e. The van der Waals surface area contributed by atoms with E-state index in [1.54, 1.807) is 0 Å². The fourth-order valence-electron chi connectivity index (χ4n) is 1.96. The van der Waals surface area contributed by atoms with Crippen molar-refractivity contribution in [3.8, 4) is 0 Å². The lowest BCUT2D eigenvalue weighted by molar-refractivity contribution is 0.157. The van der Waals surface area contributed by atoms with Gasteiger partial charge in [0.25, 0.3) is 0 Å². The summed E-state index contributed by atoms with van der Waals surface area (Å²) in [4.78, 5) is 0. The Morgan fingerprint density at radius 1 is 1.29 bits per heavy atom. The summed E-state index contributed by atoms with van der Waals surface area (Å²) in [5, 5.41) is 13.3. The van der Waals surface area contributed by atoms with Gasteiger partial charge in [-0.3, -0.25) is 0 Å². The molecule has 0 spiro atoms. The smallest absolute Gasteiger partial charge is 0.0677 e. The second-order valence-corrected chi connectivity index (χ2v) is 5.26. The number of thioether (sulfide) groups is 1. The van der Waals surface area contributed by atoms with Crippen molar-refractivity contribution < 1.29 is 5.11 Å². The molecule has 1 atom stereocenters. The van der Waals surface area contributed by atoms with Gasteiger partial charge in [-0.1, -0.05) is 37.3 Å². The van der Waals surface area contributed by atoms with Gasteiger partial charge in [0.2, 0.25) is 0 Å². The third-order valence-electron chi connectivity index (χ3n) is 3.04. The van der Waals surface area contributed by atoms with Crippen molar-refractivity contribution in [3.63, 3.8) is 0 Å². The highest BCUT2D eigenvalue weighted by atomic mass is 32.2. The molecule has 2 nitrogen and oxygen atoms in total. The largest absolute Gasteiger partial charge is 0.394 e. The van der Waals surface area contributed by atoms with Gasteiger partial charge in [0.15, 0.2) is 0 Å². The van der Waals surface area contributed by atoms with Crippen LogP contribution in [0.4, 0.5) is 0 Å². The Bertz CT molecular complexity index is 294. The van der Waals surface area contributed by atoms with Crippen LogP contribution >= 0.6 is 11.8 Å². The molecule has 0 radical (unpaired) electrons. The first kappa shape index (κ1) is 14.6. The molecule has 1 aromatic carbocycles. The molecule has 0 aliphatic heterocycles. The van der Waals surface area contributed by atoms with Crippen molar-refractivity contribution in [1.29, 1.82) is 0 Å². The van der Waals surface area contributed by atoms with Gasteiger partial charge in [-0.2, -0.15) is 11.8 Å². The van der Waals surface area contributed by atoms with E-state index in [4.69, 9.17) is 0 Å². The SMILES string of the molecule is CCCNC(CO)(CCSC)c1ccccc1. The standard InChI is InChI=1S/C14H23NOS/c1-3-10-15-14(12-16,9-11-17-2)13-7-5-4-6-8-13/h4-8,15-16H,3,9-12H2,1-2H3. The molecular weight excluding hydrogens is 230 g/mol. The van der Waals surface area contributed by atoms with Crippen LogP contribution in [-0.2, 0) is 5.54 Å². The molecule has 0 amide bonds. The zero-order valence-corrected chi connectivity index (χ0v) is 11.6. The molecule has 0 saturated heterocycles. The molecule has 3 heteroatoms. The Labute approximate surface area is 109 Å². The first-order valence-electron chi connectivity index (χ1n) is 6.19. The van der Waals surface area contributed by atoms with Gasteiger partial charge >= 0.3 is 0 Å². The first-order valence-corrected chi connectivity index (χ1v) is 7.59. The lowest BCUT2D eigenvalue weighted by Crippen LogP contribution is -2.46. The zero-order chi connectivity index (χ0) is 12.6. The van der Waals surface area contributed by atoms with Crippen molar-refractivity contribution in [2.75, 3.05) is 25.2 Å². The number of hydrogen-bond donors (Lipinski definition) is 2. The van der Waals surface area contributed by atoms with E-state index in [1.807, 2.05) is 30.0 Å². The Kier molecular flexibility index (Phi) is 6.63. The molecule has 0 saturated carbocycles. The van der Waals surface area contributed by atoms with E-state index in [0.29, 0.717) is 0 Å². The molecule has 0 aliphatic carbocycles. The maximum atomic E-state index is 9.81. The van der Waals surface area contributed by atoms with Crippen molar-refractivity contribution in [2.24, 2.45) is 0 Å². The summed E-state index contributed by atoms with van der Waals surface area (Å²) in [5.74, 6) is 1.05. The van der Waals surface area contributed by atoms with Crippen LogP contribution in [-0.4, -0.2) is 30.3 Å². The average molecular weight is 253 g/mol. The quantitative estimate of drug-likeness (QED) is 0.747. The summed E-state index contributed by atoms with van der Waals surface area (Å²) in [6.07, 6.45) is 4.13. The van der Waals surface area contributed by atoms with Gasteiger partial charge in [0.1, 0.15) is 0 Å². The second kappa shape index (κ2) is 7.75. The predicted molar refractivity (Wildman–Crippen MR) is 76.5 cm³/mol. The molecule has 17 heavy (non-hydrogen) atoms. The van der Waals surface area contributed by atoms with Crippen LogP contribution in [0.5, 0.6) is 0 Å². The van der Waals surface area contributed by atoms with Gasteiger partial charge in [0, 0.05) is 0 Å². The lowest BCUT2D eigenvalue weighted by atomic mass is 9.88. The van der Waals surface area contributed by atoms with E-state index < -0.39 is 0 Å². The normalized spacial score (nSPS) is 14.5. The zero-order valence-electron chi connectivity index (χ0n) is 10.8. The van der Waals surface area contributed by atoms with E-state index in [0.717, 1.165) is 25.1 Å². The van der Waals surface area contributed by atoms with E-state index in [2.05, 4.69) is 30.6 Å². The fourth-order valence-corrected chi connectivity index (χ4v) is 2.51. The predicted octanol–water partition coefficient (Wildman–Crippen LogP) is 2.63. The average Bonchev–Trinajstić information content (AvgIpc) is 2.41. The Hall–Kier alpha value is -0.510. The van der Waals surface area contributed by atoms with Gasteiger partial charge < -0.3 is 10.4 Å². The number of hydrogen-bond acceptors (Lipinski definition) is 3. The third-order valence-corrected chi connectivity index (χ3v) is 3.66. The third kappa shape index (κ3) is 4.02. The number of rotatable bonds is 8. The van der Waals surface area contributed by atoms with Gasteiger partial charge in [-0.15, -0.1) is 0 Å². The monoisotopic (exact) mass is 253 g/mol. The van der Waals surface area contributed by atoms with Crippen LogP contribution in [0.1, 0.15) is 25.3 Å². The minimum atomic E-state index is -0.277. The van der Waals surface area contributed by atoms with E-state index >= 15 is 0 Å². The summed E-state index contributed by atoms with van der Waals surface area (Å²) in [7, 11) is 0. The summed E-state index contributed by atoms with van der Waals surface area (Å²) < 4.78 is 0. The summed E-state index contributed by atoms with van der Waals surface area (Å²) >= 11 is 1.82. The first-order chi connectivity index (χ1) is 8.29. The maximum Gasteiger partial charge on any atom is 0.0677 e. The fraction of sp³-hybridized carbons (Fsp3) is 0.571. The Morgan fingerprint density at radius 2 is 2.00 bits per heavy atom. The number of aliphatic hydroxyl groups excluding tert-OH is 1. The van der Waals surface area contributed by atoms with Gasteiger partial charge in [-0.05, 0) is 37.0 Å². The highest BCUT2D eigenvalue weighted by Gasteiger charge is 2.29. The van der Waals surface area contributed by atoms with Crippen molar-refractivity contribution >= 4 is 11.8 Å². The molecule has 1 unspecified atom stereocenters. The topological polar surface area (TPSA) is 32.3 Å². The molecule has 1 aromatic rings. The number of aliphatic hydroxyl groups is 1. The van der Waals surface area contributed by atoms with Crippen LogP contribution in [0.2, 0.25) is 0 Å².